The number of thioether (sulfide) groups is 1. The summed E-state index contributed by atoms with van der Waals surface area (Å²) in [5, 5.41) is 8.55. The molecule has 0 saturated carbocycles. The lowest BCUT2D eigenvalue weighted by atomic mass is 10.3. The number of hydrogen-bond acceptors (Lipinski definition) is 5. The molecule has 0 bridgehead atoms. The van der Waals surface area contributed by atoms with Gasteiger partial charge in [-0.1, -0.05) is 0 Å². The largest absolute Gasteiger partial charge is 0.481 e. The standard InChI is InChI=1S/C13H16BrN3O3S/c14-10-1-2-11(15-7-10)16-3-5-17(6-4-16)12(18)8-21-9-13(19)20/h1-2,7H,3-6,8-9H2,(H,19,20). The molecule has 6 nitrogen and oxygen atoms in total. The summed E-state index contributed by atoms with van der Waals surface area (Å²) in [6.07, 6.45) is 1.76. The Bertz CT molecular complexity index is 504. The number of piperazine rings is 1. The maximum Gasteiger partial charge on any atom is 0.313 e. The van der Waals surface area contributed by atoms with Crippen LogP contribution in [0.5, 0.6) is 0 Å². The van der Waals surface area contributed by atoms with Gasteiger partial charge in [-0.15, -0.1) is 11.8 Å². The van der Waals surface area contributed by atoms with Gasteiger partial charge in [-0.2, -0.15) is 0 Å². The molecule has 1 aliphatic rings. The minimum absolute atomic E-state index is 0.00432. The number of carboxylic acid groups (broad SMARTS) is 1. The van der Waals surface area contributed by atoms with E-state index in [0.29, 0.717) is 13.1 Å². The Kier molecular flexibility index (Phi) is 5.86. The molecule has 0 atom stereocenters. The van der Waals surface area contributed by atoms with Gasteiger partial charge >= 0.3 is 5.97 Å². The Balaban J connectivity index is 1.78. The van der Waals surface area contributed by atoms with Gasteiger partial charge in [0.05, 0.1) is 11.5 Å². The molecule has 2 rings (SSSR count). The minimum Gasteiger partial charge on any atom is -0.481 e. The molecule has 0 aromatic carbocycles. The van der Waals surface area contributed by atoms with Crippen molar-refractivity contribution in [2.45, 2.75) is 0 Å². The first-order valence-corrected chi connectivity index (χ1v) is 8.45. The van der Waals surface area contributed by atoms with E-state index in [9.17, 15) is 9.59 Å². The number of pyridine rings is 1. The van der Waals surface area contributed by atoms with Crippen LogP contribution in [0, 0.1) is 0 Å². The first-order valence-electron chi connectivity index (χ1n) is 6.50. The number of aromatic nitrogens is 1. The Hall–Kier alpha value is -1.28. The molecule has 8 heteroatoms. The Morgan fingerprint density at radius 3 is 2.52 bits per heavy atom. The van der Waals surface area contributed by atoms with Crippen molar-refractivity contribution in [1.82, 2.24) is 9.88 Å². The molecule has 1 aromatic rings. The summed E-state index contributed by atoms with van der Waals surface area (Å²) < 4.78 is 0.940. The fourth-order valence-electron chi connectivity index (χ4n) is 2.06. The molecule has 1 N–H and O–H groups in total. The molecule has 0 spiro atoms. The Labute approximate surface area is 135 Å². The Morgan fingerprint density at radius 2 is 1.95 bits per heavy atom. The van der Waals surface area contributed by atoms with E-state index in [1.807, 2.05) is 12.1 Å². The number of halogens is 1. The molecule has 1 amide bonds. The van der Waals surface area contributed by atoms with Crippen LogP contribution in [0.4, 0.5) is 5.82 Å². The zero-order chi connectivity index (χ0) is 15.2. The second kappa shape index (κ2) is 7.65. The summed E-state index contributed by atoms with van der Waals surface area (Å²) in [5.41, 5.74) is 0. The maximum atomic E-state index is 11.9. The van der Waals surface area contributed by atoms with E-state index in [1.54, 1.807) is 11.1 Å². The van der Waals surface area contributed by atoms with Gasteiger partial charge in [-0.3, -0.25) is 9.59 Å². The topological polar surface area (TPSA) is 73.7 Å². The summed E-state index contributed by atoms with van der Waals surface area (Å²) in [7, 11) is 0. The number of hydrogen-bond donors (Lipinski definition) is 1. The lowest BCUT2D eigenvalue weighted by Gasteiger charge is -2.35. The fraction of sp³-hybridized carbons (Fsp3) is 0.462. The third-order valence-corrected chi connectivity index (χ3v) is 4.49. The van der Waals surface area contributed by atoms with E-state index >= 15 is 0 Å². The molecule has 2 heterocycles. The first-order chi connectivity index (χ1) is 10.1. The predicted molar refractivity (Wildman–Crippen MR) is 85.7 cm³/mol. The van der Waals surface area contributed by atoms with Crippen LogP contribution in [-0.4, -0.2) is 64.6 Å². The third kappa shape index (κ3) is 4.89. The van der Waals surface area contributed by atoms with Crippen molar-refractivity contribution >= 4 is 45.4 Å². The molecule has 0 aliphatic carbocycles. The molecule has 114 valence electrons. The highest BCUT2D eigenvalue weighted by Gasteiger charge is 2.21. The summed E-state index contributed by atoms with van der Waals surface area (Å²) in [5.74, 6) is 0.214. The van der Waals surface area contributed by atoms with Crippen LogP contribution in [0.25, 0.3) is 0 Å². The van der Waals surface area contributed by atoms with E-state index in [1.165, 1.54) is 0 Å². The van der Waals surface area contributed by atoms with Crippen molar-refractivity contribution in [2.24, 2.45) is 0 Å². The molecular weight excluding hydrogens is 358 g/mol. The number of nitrogens with zero attached hydrogens (tertiary/aromatic N) is 3. The van der Waals surface area contributed by atoms with E-state index in [2.05, 4.69) is 25.8 Å². The van der Waals surface area contributed by atoms with E-state index in [4.69, 9.17) is 5.11 Å². The summed E-state index contributed by atoms with van der Waals surface area (Å²) in [6, 6.07) is 3.90. The van der Waals surface area contributed by atoms with Crippen LogP contribution in [-0.2, 0) is 9.59 Å². The van der Waals surface area contributed by atoms with Gasteiger partial charge in [-0.05, 0) is 28.1 Å². The smallest absolute Gasteiger partial charge is 0.313 e. The Morgan fingerprint density at radius 1 is 1.24 bits per heavy atom. The van der Waals surface area contributed by atoms with Crippen molar-refractivity contribution in [1.29, 1.82) is 0 Å². The van der Waals surface area contributed by atoms with Crippen LogP contribution in [0.1, 0.15) is 0 Å². The number of carbonyl (C=O) groups excluding carboxylic acids is 1. The van der Waals surface area contributed by atoms with Crippen molar-refractivity contribution in [3.05, 3.63) is 22.8 Å². The van der Waals surface area contributed by atoms with Crippen molar-refractivity contribution in [3.8, 4) is 0 Å². The molecule has 1 saturated heterocycles. The highest BCUT2D eigenvalue weighted by Crippen LogP contribution is 2.17. The van der Waals surface area contributed by atoms with Crippen LogP contribution in [0.3, 0.4) is 0 Å². The maximum absolute atomic E-state index is 11.9. The van der Waals surface area contributed by atoms with E-state index < -0.39 is 5.97 Å². The second-order valence-electron chi connectivity index (χ2n) is 4.59. The molecule has 0 unspecified atom stereocenters. The van der Waals surface area contributed by atoms with Crippen molar-refractivity contribution in [3.63, 3.8) is 0 Å². The molecule has 1 aliphatic heterocycles. The summed E-state index contributed by atoms with van der Waals surface area (Å²) in [6.45, 7) is 2.77. The van der Waals surface area contributed by atoms with Gasteiger partial charge in [0.2, 0.25) is 5.91 Å². The van der Waals surface area contributed by atoms with Gasteiger partial charge in [0.15, 0.2) is 0 Å². The number of rotatable bonds is 5. The average molecular weight is 374 g/mol. The zero-order valence-electron chi connectivity index (χ0n) is 11.4. The molecule has 1 aromatic heterocycles. The quantitative estimate of drug-likeness (QED) is 0.838. The summed E-state index contributed by atoms with van der Waals surface area (Å²) in [4.78, 5) is 30.6. The van der Waals surface area contributed by atoms with E-state index in [0.717, 1.165) is 35.1 Å². The van der Waals surface area contributed by atoms with Crippen LogP contribution >= 0.6 is 27.7 Å². The number of carbonyl (C=O) groups is 2. The van der Waals surface area contributed by atoms with E-state index in [-0.39, 0.29) is 17.4 Å². The van der Waals surface area contributed by atoms with Gasteiger partial charge in [0.25, 0.3) is 0 Å². The molecular formula is C13H16BrN3O3S. The monoisotopic (exact) mass is 373 g/mol. The summed E-state index contributed by atoms with van der Waals surface area (Å²) >= 11 is 4.49. The molecule has 1 fully saturated rings. The number of aliphatic carboxylic acids is 1. The van der Waals surface area contributed by atoms with Gasteiger partial charge < -0.3 is 14.9 Å². The van der Waals surface area contributed by atoms with Crippen LogP contribution in [0.15, 0.2) is 22.8 Å². The lowest BCUT2D eigenvalue weighted by Crippen LogP contribution is -2.49. The zero-order valence-corrected chi connectivity index (χ0v) is 13.8. The average Bonchev–Trinajstić information content (AvgIpc) is 2.48. The number of anilines is 1. The van der Waals surface area contributed by atoms with Gasteiger partial charge in [-0.25, -0.2) is 4.98 Å². The van der Waals surface area contributed by atoms with Gasteiger partial charge in [0, 0.05) is 36.8 Å². The normalized spacial score (nSPS) is 15.1. The highest BCUT2D eigenvalue weighted by atomic mass is 79.9. The third-order valence-electron chi connectivity index (χ3n) is 3.12. The first kappa shape index (κ1) is 16.1. The minimum atomic E-state index is -0.890. The van der Waals surface area contributed by atoms with Gasteiger partial charge in [0.1, 0.15) is 5.82 Å². The van der Waals surface area contributed by atoms with Crippen molar-refractivity contribution < 1.29 is 14.7 Å². The van der Waals surface area contributed by atoms with Crippen molar-refractivity contribution in [2.75, 3.05) is 42.6 Å². The lowest BCUT2D eigenvalue weighted by molar-refractivity contribution is -0.133. The number of amides is 1. The van der Waals surface area contributed by atoms with Crippen LogP contribution < -0.4 is 4.90 Å². The SMILES string of the molecule is O=C(O)CSCC(=O)N1CCN(c2ccc(Br)cn2)CC1. The fourth-order valence-corrected chi connectivity index (χ4v) is 2.93. The van der Waals surface area contributed by atoms with Crippen LogP contribution in [0.2, 0.25) is 0 Å². The predicted octanol–water partition coefficient (Wildman–Crippen LogP) is 1.31. The number of carboxylic acids is 1. The molecule has 0 radical (unpaired) electrons. The molecule has 21 heavy (non-hydrogen) atoms. The highest BCUT2D eigenvalue weighted by molar-refractivity contribution is 9.10. The second-order valence-corrected chi connectivity index (χ2v) is 6.49.